The number of halogens is 1. The quantitative estimate of drug-likeness (QED) is 0.262. The number of sulfonamides is 1. The smallest absolute Gasteiger partial charge is 0.261 e. The van der Waals surface area contributed by atoms with E-state index in [9.17, 15) is 21.2 Å². The number of fused-ring (bicyclic) bond motifs is 1. The topological polar surface area (TPSA) is 92.8 Å². The van der Waals surface area contributed by atoms with Crippen molar-refractivity contribution in [2.24, 2.45) is 0 Å². The molecule has 0 fully saturated rings. The first kappa shape index (κ1) is 32.0. The number of sulfone groups is 1. The van der Waals surface area contributed by atoms with E-state index in [2.05, 4.69) is 54.7 Å². The van der Waals surface area contributed by atoms with E-state index in [0.717, 1.165) is 49.7 Å². The minimum Gasteiger partial charge on any atom is -0.493 e. The van der Waals surface area contributed by atoms with Crippen LogP contribution in [0.1, 0.15) is 56.4 Å². The van der Waals surface area contributed by atoms with Crippen molar-refractivity contribution >= 4 is 25.5 Å². The summed E-state index contributed by atoms with van der Waals surface area (Å²) in [6, 6.07) is 17.8. The molecule has 0 unspecified atom stereocenters. The fraction of sp³-hybridized carbons (Fsp3) is 0.438. The third-order valence-corrected chi connectivity index (χ3v) is 10.8. The maximum atomic E-state index is 14.7. The highest BCUT2D eigenvalue weighted by Gasteiger charge is 2.22. The second-order valence-corrected chi connectivity index (χ2v) is 16.0. The van der Waals surface area contributed by atoms with Crippen LogP contribution in [0, 0.1) is 5.82 Å². The Morgan fingerprint density at radius 3 is 2.36 bits per heavy atom. The normalized spacial score (nSPS) is 14.4. The van der Waals surface area contributed by atoms with Crippen LogP contribution in [0.4, 0.5) is 10.1 Å². The molecule has 0 radical (unpaired) electrons. The third kappa shape index (κ3) is 8.55. The predicted octanol–water partition coefficient (Wildman–Crippen LogP) is 5.73. The van der Waals surface area contributed by atoms with E-state index in [1.54, 1.807) is 19.1 Å². The van der Waals surface area contributed by atoms with Crippen LogP contribution >= 0.6 is 0 Å². The van der Waals surface area contributed by atoms with Gasteiger partial charge in [0.05, 0.1) is 22.9 Å². The van der Waals surface area contributed by atoms with Crippen molar-refractivity contribution < 1.29 is 26.0 Å². The molecule has 228 valence electrons. The van der Waals surface area contributed by atoms with Gasteiger partial charge in [-0.15, -0.1) is 0 Å². The van der Waals surface area contributed by atoms with Crippen LogP contribution in [-0.4, -0.2) is 52.9 Å². The van der Waals surface area contributed by atoms with E-state index < -0.39 is 25.7 Å². The van der Waals surface area contributed by atoms with E-state index in [1.807, 2.05) is 6.07 Å². The van der Waals surface area contributed by atoms with E-state index >= 15 is 0 Å². The van der Waals surface area contributed by atoms with E-state index in [1.165, 1.54) is 23.3 Å². The van der Waals surface area contributed by atoms with E-state index in [-0.39, 0.29) is 46.3 Å². The first-order valence-corrected chi connectivity index (χ1v) is 17.7. The van der Waals surface area contributed by atoms with Gasteiger partial charge in [-0.3, -0.25) is 9.62 Å². The van der Waals surface area contributed by atoms with Gasteiger partial charge in [0.2, 0.25) is 0 Å². The lowest BCUT2D eigenvalue weighted by Crippen LogP contribution is -2.32. The second kappa shape index (κ2) is 13.1. The summed E-state index contributed by atoms with van der Waals surface area (Å²) in [4.78, 5) is 2.47. The molecule has 4 rings (SSSR count). The fourth-order valence-electron chi connectivity index (χ4n) is 4.89. The molecule has 1 aliphatic rings. The molecule has 0 spiro atoms. The highest BCUT2D eigenvalue weighted by molar-refractivity contribution is 7.92. The van der Waals surface area contributed by atoms with Crippen LogP contribution < -0.4 is 9.46 Å². The van der Waals surface area contributed by atoms with Gasteiger partial charge in [0, 0.05) is 31.5 Å². The third-order valence-electron chi connectivity index (χ3n) is 7.61. The highest BCUT2D eigenvalue weighted by Crippen LogP contribution is 2.27. The molecule has 0 amide bonds. The van der Waals surface area contributed by atoms with Crippen molar-refractivity contribution in [3.63, 3.8) is 0 Å². The molecular weight excluding hydrogens is 575 g/mol. The molecular formula is C32H41FN2O5S2. The Kier molecular flexibility index (Phi) is 10.0. The zero-order valence-corrected chi connectivity index (χ0v) is 26.5. The summed E-state index contributed by atoms with van der Waals surface area (Å²) in [6.07, 6.45) is 1.97. The number of nitrogens with zero attached hydrogens (tertiary/aromatic N) is 1. The molecule has 7 nitrogen and oxygen atoms in total. The van der Waals surface area contributed by atoms with Crippen LogP contribution in [0.15, 0.2) is 65.6 Å². The number of anilines is 1. The lowest BCUT2D eigenvalue weighted by atomic mass is 9.86. The highest BCUT2D eigenvalue weighted by atomic mass is 32.2. The molecule has 3 aromatic rings. The van der Waals surface area contributed by atoms with Crippen LogP contribution in [0.5, 0.6) is 5.75 Å². The van der Waals surface area contributed by atoms with Crippen LogP contribution in [0.2, 0.25) is 0 Å². The summed E-state index contributed by atoms with van der Waals surface area (Å²) >= 11 is 0. The molecule has 42 heavy (non-hydrogen) atoms. The van der Waals surface area contributed by atoms with Crippen molar-refractivity contribution in [2.45, 2.75) is 63.8 Å². The Morgan fingerprint density at radius 1 is 0.952 bits per heavy atom. The molecule has 0 saturated carbocycles. The minimum atomic E-state index is -4.01. The summed E-state index contributed by atoms with van der Waals surface area (Å²) in [5, 5.41) is 0. The maximum Gasteiger partial charge on any atom is 0.261 e. The SMILES string of the molecule is CCS(=O)(=O)CCCOc1ccc(NS(=O)(=O)c2ccc3c(c2)CCN(CCc2ccc(C(C)(C)C)cc2)C3)c(F)c1. The first-order valence-electron chi connectivity index (χ1n) is 14.3. The molecule has 0 bridgehead atoms. The summed E-state index contributed by atoms with van der Waals surface area (Å²) in [5.74, 6) is -0.523. The molecule has 1 N–H and O–H groups in total. The molecule has 0 atom stereocenters. The van der Waals surface area contributed by atoms with E-state index in [4.69, 9.17) is 4.74 Å². The average Bonchev–Trinajstić information content (AvgIpc) is 2.95. The van der Waals surface area contributed by atoms with E-state index in [0.29, 0.717) is 0 Å². The molecule has 10 heteroatoms. The number of hydrogen-bond donors (Lipinski definition) is 1. The molecule has 1 heterocycles. The Balaban J connectivity index is 1.33. The number of hydrogen-bond acceptors (Lipinski definition) is 6. The summed E-state index contributed by atoms with van der Waals surface area (Å²) < 4.78 is 71.8. The molecule has 1 aliphatic heterocycles. The number of nitrogens with one attached hydrogen (secondary N) is 1. The lowest BCUT2D eigenvalue weighted by Gasteiger charge is -2.29. The zero-order valence-electron chi connectivity index (χ0n) is 24.8. The van der Waals surface area contributed by atoms with Gasteiger partial charge in [-0.05, 0) is 71.2 Å². The van der Waals surface area contributed by atoms with Gasteiger partial charge in [0.15, 0.2) is 5.82 Å². The van der Waals surface area contributed by atoms with Crippen LogP contribution in [-0.2, 0) is 44.7 Å². The lowest BCUT2D eigenvalue weighted by molar-refractivity contribution is 0.257. The van der Waals surface area contributed by atoms with Crippen LogP contribution in [0.3, 0.4) is 0 Å². The standard InChI is InChI=1S/C32H41FN2O5S2/c1-5-41(36,37)20-6-19-40-28-12-14-31(30(33)22-28)34-42(38,39)29-13-9-26-23-35(18-16-25(26)21-29)17-15-24-7-10-27(11-8-24)32(2,3)4/h7-14,21-22,34H,5-6,15-20,23H2,1-4H3. The Morgan fingerprint density at radius 2 is 1.69 bits per heavy atom. The minimum absolute atomic E-state index is 0.00505. The molecule has 0 saturated heterocycles. The monoisotopic (exact) mass is 616 g/mol. The second-order valence-electron chi connectivity index (χ2n) is 11.8. The first-order chi connectivity index (χ1) is 19.8. The van der Waals surface area contributed by atoms with Crippen molar-refractivity contribution in [1.82, 2.24) is 4.90 Å². The van der Waals surface area contributed by atoms with Crippen molar-refractivity contribution in [1.29, 1.82) is 0 Å². The van der Waals surface area contributed by atoms with Crippen molar-refractivity contribution in [3.05, 3.63) is 88.7 Å². The Bertz CT molecular complexity index is 1600. The number of rotatable bonds is 12. The Hall–Kier alpha value is -2.95. The van der Waals surface area contributed by atoms with Gasteiger partial charge >= 0.3 is 0 Å². The van der Waals surface area contributed by atoms with Gasteiger partial charge < -0.3 is 4.74 Å². The summed E-state index contributed by atoms with van der Waals surface area (Å²) in [7, 11) is -7.10. The zero-order chi connectivity index (χ0) is 30.5. The van der Waals surface area contributed by atoms with Gasteiger partial charge in [-0.2, -0.15) is 0 Å². The van der Waals surface area contributed by atoms with Crippen LogP contribution in [0.25, 0.3) is 0 Å². The van der Waals surface area contributed by atoms with Gasteiger partial charge in [-0.25, -0.2) is 21.2 Å². The van der Waals surface area contributed by atoms with Gasteiger partial charge in [0.1, 0.15) is 15.6 Å². The molecule has 0 aliphatic carbocycles. The predicted molar refractivity (Wildman–Crippen MR) is 166 cm³/mol. The fourth-order valence-corrected chi connectivity index (χ4v) is 6.85. The summed E-state index contributed by atoms with van der Waals surface area (Å²) in [5.41, 5.74) is 4.65. The molecule has 3 aromatic carbocycles. The van der Waals surface area contributed by atoms with Gasteiger partial charge in [-0.1, -0.05) is 58.0 Å². The van der Waals surface area contributed by atoms with Crippen molar-refractivity contribution in [3.8, 4) is 5.75 Å². The summed E-state index contributed by atoms with van der Waals surface area (Å²) in [6.45, 7) is 10.8. The number of benzene rings is 3. The van der Waals surface area contributed by atoms with Crippen molar-refractivity contribution in [2.75, 3.05) is 35.9 Å². The Labute approximate surface area is 250 Å². The average molecular weight is 617 g/mol. The van der Waals surface area contributed by atoms with Gasteiger partial charge in [0.25, 0.3) is 10.0 Å². The molecule has 0 aromatic heterocycles. The largest absolute Gasteiger partial charge is 0.493 e. The maximum absolute atomic E-state index is 14.7. The number of ether oxygens (including phenoxy) is 1.